The van der Waals surface area contributed by atoms with E-state index in [1.807, 2.05) is 20.8 Å². The van der Waals surface area contributed by atoms with Gasteiger partial charge in [-0.05, 0) is 18.1 Å². The van der Waals surface area contributed by atoms with Crippen molar-refractivity contribution in [1.29, 1.82) is 0 Å². The van der Waals surface area contributed by atoms with Gasteiger partial charge >= 0.3 is 0 Å². The van der Waals surface area contributed by atoms with Gasteiger partial charge in [-0.1, -0.05) is 55.6 Å². The maximum Gasteiger partial charge on any atom is 0.262 e. The Kier molecular flexibility index (Phi) is 4.60. The van der Waals surface area contributed by atoms with Crippen molar-refractivity contribution >= 4 is 45.8 Å². The van der Waals surface area contributed by atoms with Crippen LogP contribution in [0.5, 0.6) is 0 Å². The SMILES string of the molecule is CCc1nc2c(c(C(C)C)nn2-c2c(Cl)cc(Cl)cc2Cl)c(=O)[nH]1. The van der Waals surface area contributed by atoms with Crippen LogP contribution in [0, 0.1) is 0 Å². The van der Waals surface area contributed by atoms with Gasteiger partial charge in [-0.15, -0.1) is 0 Å². The molecule has 0 aliphatic heterocycles. The monoisotopic (exact) mass is 384 g/mol. The van der Waals surface area contributed by atoms with Crippen molar-refractivity contribution in [2.75, 3.05) is 0 Å². The number of hydrogen-bond acceptors (Lipinski definition) is 3. The van der Waals surface area contributed by atoms with Gasteiger partial charge in [-0.3, -0.25) is 4.79 Å². The highest BCUT2D eigenvalue weighted by atomic mass is 35.5. The molecule has 2 heterocycles. The third kappa shape index (κ3) is 2.81. The minimum absolute atomic E-state index is 0.0361. The number of fused-ring (bicyclic) bond motifs is 1. The number of hydrogen-bond donors (Lipinski definition) is 1. The van der Waals surface area contributed by atoms with E-state index in [0.717, 1.165) is 0 Å². The van der Waals surface area contributed by atoms with Gasteiger partial charge in [0.1, 0.15) is 16.9 Å². The second kappa shape index (κ2) is 6.39. The number of rotatable bonds is 3. The van der Waals surface area contributed by atoms with E-state index in [9.17, 15) is 4.79 Å². The van der Waals surface area contributed by atoms with Crippen LogP contribution in [0.4, 0.5) is 0 Å². The average molecular weight is 386 g/mol. The lowest BCUT2D eigenvalue weighted by molar-refractivity contribution is 0.776. The lowest BCUT2D eigenvalue weighted by atomic mass is 10.1. The first-order valence-electron chi connectivity index (χ1n) is 7.50. The molecule has 0 spiro atoms. The first-order valence-corrected chi connectivity index (χ1v) is 8.63. The molecule has 126 valence electrons. The second-order valence-electron chi connectivity index (χ2n) is 5.73. The summed E-state index contributed by atoms with van der Waals surface area (Å²) in [5.41, 5.74) is 1.32. The summed E-state index contributed by atoms with van der Waals surface area (Å²) in [6, 6.07) is 3.17. The van der Waals surface area contributed by atoms with E-state index in [1.165, 1.54) is 4.68 Å². The molecule has 8 heteroatoms. The van der Waals surface area contributed by atoms with E-state index in [-0.39, 0.29) is 11.5 Å². The van der Waals surface area contributed by atoms with Crippen molar-refractivity contribution in [3.63, 3.8) is 0 Å². The molecule has 3 rings (SSSR count). The number of benzene rings is 1. The summed E-state index contributed by atoms with van der Waals surface area (Å²) in [7, 11) is 0. The summed E-state index contributed by atoms with van der Waals surface area (Å²) in [4.78, 5) is 19.8. The van der Waals surface area contributed by atoms with E-state index in [2.05, 4.69) is 15.1 Å². The third-order valence-electron chi connectivity index (χ3n) is 3.69. The number of nitrogens with one attached hydrogen (secondary N) is 1. The first-order chi connectivity index (χ1) is 11.3. The standard InChI is InChI=1S/C16H15Cl3N4O/c1-4-11-20-15-12(16(24)21-11)13(7(2)3)22-23(15)14-9(18)5-8(17)6-10(14)19/h5-7H,4H2,1-3H3,(H,20,21,24). The molecule has 0 aliphatic rings. The van der Waals surface area contributed by atoms with Gasteiger partial charge in [-0.25, -0.2) is 9.67 Å². The van der Waals surface area contributed by atoms with Gasteiger partial charge in [0.2, 0.25) is 0 Å². The molecular formula is C16H15Cl3N4O. The van der Waals surface area contributed by atoms with Gasteiger partial charge < -0.3 is 4.98 Å². The zero-order valence-electron chi connectivity index (χ0n) is 13.3. The normalized spacial score (nSPS) is 11.6. The minimum Gasteiger partial charge on any atom is -0.310 e. The molecule has 0 amide bonds. The Morgan fingerprint density at radius 1 is 1.21 bits per heavy atom. The van der Waals surface area contributed by atoms with E-state index < -0.39 is 0 Å². The maximum absolute atomic E-state index is 12.5. The summed E-state index contributed by atoms with van der Waals surface area (Å²) in [5, 5.41) is 6.12. The highest BCUT2D eigenvalue weighted by Gasteiger charge is 2.22. The van der Waals surface area contributed by atoms with E-state index in [1.54, 1.807) is 12.1 Å². The van der Waals surface area contributed by atoms with Crippen LogP contribution in [0.1, 0.15) is 38.2 Å². The number of aromatic nitrogens is 4. The van der Waals surface area contributed by atoms with Gasteiger partial charge in [0, 0.05) is 11.4 Å². The van der Waals surface area contributed by atoms with E-state index in [4.69, 9.17) is 34.8 Å². The van der Waals surface area contributed by atoms with Crippen LogP contribution in [0.25, 0.3) is 16.7 Å². The first kappa shape index (κ1) is 17.3. The Morgan fingerprint density at radius 3 is 2.38 bits per heavy atom. The Bertz CT molecular complexity index is 968. The molecule has 0 fully saturated rings. The Hall–Kier alpha value is -1.56. The van der Waals surface area contributed by atoms with Gasteiger partial charge in [0.05, 0.1) is 15.7 Å². The molecule has 0 atom stereocenters. The molecule has 0 aliphatic carbocycles. The number of halogens is 3. The molecule has 0 radical (unpaired) electrons. The highest BCUT2D eigenvalue weighted by Crippen LogP contribution is 2.34. The van der Waals surface area contributed by atoms with Crippen molar-refractivity contribution in [3.05, 3.63) is 49.1 Å². The fourth-order valence-electron chi connectivity index (χ4n) is 2.56. The minimum atomic E-state index is -0.215. The van der Waals surface area contributed by atoms with Gasteiger partial charge in [0.15, 0.2) is 5.65 Å². The zero-order chi connectivity index (χ0) is 17.6. The fourth-order valence-corrected chi connectivity index (χ4v) is 3.54. The van der Waals surface area contributed by atoms with Crippen LogP contribution < -0.4 is 5.56 Å². The van der Waals surface area contributed by atoms with Crippen molar-refractivity contribution in [1.82, 2.24) is 19.7 Å². The molecule has 0 saturated heterocycles. The smallest absolute Gasteiger partial charge is 0.262 e. The van der Waals surface area contributed by atoms with E-state index in [0.29, 0.717) is 49.7 Å². The van der Waals surface area contributed by atoms with Crippen LogP contribution in [0.3, 0.4) is 0 Å². The second-order valence-corrected chi connectivity index (χ2v) is 6.99. The topological polar surface area (TPSA) is 63.6 Å². The number of nitrogens with zero attached hydrogens (tertiary/aromatic N) is 3. The number of aryl methyl sites for hydroxylation is 1. The predicted octanol–water partition coefficient (Wildman–Crippen LogP) is 4.75. The van der Waals surface area contributed by atoms with Crippen LogP contribution >= 0.6 is 34.8 Å². The van der Waals surface area contributed by atoms with Crippen molar-refractivity contribution in [2.24, 2.45) is 0 Å². The van der Waals surface area contributed by atoms with Crippen molar-refractivity contribution in [2.45, 2.75) is 33.1 Å². The van der Waals surface area contributed by atoms with Crippen LogP contribution in [0.2, 0.25) is 15.1 Å². The summed E-state index contributed by atoms with van der Waals surface area (Å²) in [6.45, 7) is 5.84. The Morgan fingerprint density at radius 2 is 1.83 bits per heavy atom. The summed E-state index contributed by atoms with van der Waals surface area (Å²) in [6.07, 6.45) is 0.593. The quantitative estimate of drug-likeness (QED) is 0.707. The molecule has 1 aromatic carbocycles. The van der Waals surface area contributed by atoms with Gasteiger partial charge in [-0.2, -0.15) is 5.10 Å². The molecule has 24 heavy (non-hydrogen) atoms. The fraction of sp³-hybridized carbons (Fsp3) is 0.312. The summed E-state index contributed by atoms with van der Waals surface area (Å²) in [5.74, 6) is 0.610. The lowest BCUT2D eigenvalue weighted by Crippen LogP contribution is -2.13. The number of H-pyrrole nitrogens is 1. The molecule has 0 saturated carbocycles. The third-order valence-corrected chi connectivity index (χ3v) is 4.48. The summed E-state index contributed by atoms with van der Waals surface area (Å²) < 4.78 is 1.53. The number of aromatic amines is 1. The molecule has 1 N–H and O–H groups in total. The molecule has 2 aromatic heterocycles. The maximum atomic E-state index is 12.5. The predicted molar refractivity (Wildman–Crippen MR) is 98.0 cm³/mol. The van der Waals surface area contributed by atoms with Crippen LogP contribution in [-0.2, 0) is 6.42 Å². The molecule has 0 bridgehead atoms. The molecule has 5 nitrogen and oxygen atoms in total. The largest absolute Gasteiger partial charge is 0.310 e. The summed E-state index contributed by atoms with van der Waals surface area (Å²) >= 11 is 18.6. The van der Waals surface area contributed by atoms with Crippen molar-refractivity contribution in [3.8, 4) is 5.69 Å². The van der Waals surface area contributed by atoms with Crippen LogP contribution in [-0.4, -0.2) is 19.7 Å². The van der Waals surface area contributed by atoms with Gasteiger partial charge in [0.25, 0.3) is 5.56 Å². The zero-order valence-corrected chi connectivity index (χ0v) is 15.6. The van der Waals surface area contributed by atoms with Crippen molar-refractivity contribution < 1.29 is 0 Å². The molecule has 3 aromatic rings. The molecule has 0 unspecified atom stereocenters. The Labute approximate surface area is 153 Å². The Balaban J connectivity index is 2.45. The lowest BCUT2D eigenvalue weighted by Gasteiger charge is -2.09. The van der Waals surface area contributed by atoms with Crippen LogP contribution in [0.15, 0.2) is 16.9 Å². The van der Waals surface area contributed by atoms with E-state index >= 15 is 0 Å². The molecular weight excluding hydrogens is 371 g/mol. The average Bonchev–Trinajstić information content (AvgIpc) is 2.86. The highest BCUT2D eigenvalue weighted by molar-refractivity contribution is 6.40.